The predicted molar refractivity (Wildman–Crippen MR) is 127 cm³/mol. The Morgan fingerprint density at radius 1 is 0.710 bits per heavy atom. The molecule has 0 aliphatic carbocycles. The number of carbonyl (C=O) groups is 2. The fourth-order valence-electron chi connectivity index (χ4n) is 3.41. The second-order valence-corrected chi connectivity index (χ2v) is 10.0. The molecule has 0 spiro atoms. The lowest BCUT2D eigenvalue weighted by atomic mass is 9.88. The lowest BCUT2D eigenvalue weighted by molar-refractivity contribution is -0.156. The first-order valence-electron chi connectivity index (χ1n) is 12.7. The minimum atomic E-state index is -0.708. The molecule has 0 aromatic rings. The van der Waals surface area contributed by atoms with Crippen LogP contribution in [-0.2, 0) is 19.1 Å². The van der Waals surface area contributed by atoms with Gasteiger partial charge < -0.3 is 14.6 Å². The number of hydrogen-bond donors (Lipinski definition) is 1. The number of ether oxygens (including phenoxy) is 2. The van der Waals surface area contributed by atoms with Crippen LogP contribution in [0.25, 0.3) is 0 Å². The van der Waals surface area contributed by atoms with Crippen LogP contribution in [0.4, 0.5) is 0 Å². The number of aliphatic hydroxyl groups excluding tert-OH is 1. The van der Waals surface area contributed by atoms with Crippen LogP contribution in [0.2, 0.25) is 0 Å². The van der Waals surface area contributed by atoms with Gasteiger partial charge >= 0.3 is 11.9 Å². The quantitative estimate of drug-likeness (QED) is 0.173. The molecular weight excluding hydrogens is 392 g/mol. The molecule has 31 heavy (non-hydrogen) atoms. The van der Waals surface area contributed by atoms with Crippen LogP contribution in [0.3, 0.4) is 0 Å². The monoisotopic (exact) mass is 442 g/mol. The van der Waals surface area contributed by atoms with Crippen LogP contribution in [0.15, 0.2) is 0 Å². The van der Waals surface area contributed by atoms with E-state index in [0.717, 1.165) is 50.4 Å². The van der Waals surface area contributed by atoms with E-state index in [2.05, 4.69) is 27.7 Å². The Morgan fingerprint density at radius 2 is 1.10 bits per heavy atom. The molecule has 0 saturated carbocycles. The van der Waals surface area contributed by atoms with Gasteiger partial charge in [-0.3, -0.25) is 9.59 Å². The van der Waals surface area contributed by atoms with Crippen molar-refractivity contribution in [3.63, 3.8) is 0 Å². The lowest BCUT2D eigenvalue weighted by Gasteiger charge is -2.29. The Hall–Kier alpha value is -1.10. The molecule has 0 aromatic carbocycles. The summed E-state index contributed by atoms with van der Waals surface area (Å²) in [6.45, 7) is 10.8. The van der Waals surface area contributed by atoms with E-state index in [-0.39, 0.29) is 31.8 Å². The van der Waals surface area contributed by atoms with Crippen LogP contribution >= 0.6 is 0 Å². The Bertz CT molecular complexity index is 417. The first kappa shape index (κ1) is 29.9. The minimum Gasteiger partial charge on any atom is -0.465 e. The van der Waals surface area contributed by atoms with Gasteiger partial charge in [-0.25, -0.2) is 0 Å². The van der Waals surface area contributed by atoms with Crippen LogP contribution in [0.5, 0.6) is 0 Å². The molecule has 0 fully saturated rings. The smallest absolute Gasteiger partial charge is 0.305 e. The molecule has 0 atom stereocenters. The topological polar surface area (TPSA) is 72.8 Å². The third-order valence-electron chi connectivity index (χ3n) is 5.99. The van der Waals surface area contributed by atoms with Crippen LogP contribution in [0.1, 0.15) is 118 Å². The summed E-state index contributed by atoms with van der Waals surface area (Å²) in [6.07, 6.45) is 12.3. The minimum absolute atomic E-state index is 0.0919. The van der Waals surface area contributed by atoms with E-state index in [4.69, 9.17) is 9.47 Å². The average Bonchev–Trinajstić information content (AvgIpc) is 2.73. The van der Waals surface area contributed by atoms with Crippen molar-refractivity contribution in [3.8, 4) is 0 Å². The van der Waals surface area contributed by atoms with Gasteiger partial charge in [-0.2, -0.15) is 0 Å². The summed E-state index contributed by atoms with van der Waals surface area (Å²) in [4.78, 5) is 24.1. The van der Waals surface area contributed by atoms with Gasteiger partial charge in [0.2, 0.25) is 0 Å². The van der Waals surface area contributed by atoms with Crippen LogP contribution in [-0.4, -0.2) is 36.9 Å². The van der Waals surface area contributed by atoms with E-state index in [1.165, 1.54) is 25.7 Å². The summed E-state index contributed by atoms with van der Waals surface area (Å²) in [5, 5.41) is 9.86. The van der Waals surface area contributed by atoms with E-state index in [1.807, 2.05) is 6.92 Å². The van der Waals surface area contributed by atoms with Gasteiger partial charge in [0, 0.05) is 12.8 Å². The van der Waals surface area contributed by atoms with Gasteiger partial charge in [0.15, 0.2) is 0 Å². The summed E-state index contributed by atoms with van der Waals surface area (Å²) >= 11 is 0. The maximum Gasteiger partial charge on any atom is 0.305 e. The highest BCUT2D eigenvalue weighted by atomic mass is 16.5. The molecule has 0 radical (unpaired) electrons. The van der Waals surface area contributed by atoms with Crippen molar-refractivity contribution in [2.45, 2.75) is 118 Å². The first-order chi connectivity index (χ1) is 14.7. The molecule has 5 nitrogen and oxygen atoms in total. The molecule has 0 bridgehead atoms. The molecule has 0 aliphatic heterocycles. The maximum atomic E-state index is 12.1. The molecule has 184 valence electrons. The van der Waals surface area contributed by atoms with E-state index < -0.39 is 5.41 Å². The van der Waals surface area contributed by atoms with Gasteiger partial charge in [0.05, 0.1) is 12.0 Å². The molecule has 0 amide bonds. The van der Waals surface area contributed by atoms with Gasteiger partial charge in [0.1, 0.15) is 13.2 Å². The average molecular weight is 443 g/mol. The number of esters is 2. The van der Waals surface area contributed by atoms with Crippen molar-refractivity contribution < 1.29 is 24.2 Å². The summed E-state index contributed by atoms with van der Waals surface area (Å²) < 4.78 is 10.8. The van der Waals surface area contributed by atoms with Gasteiger partial charge in [-0.05, 0) is 31.1 Å². The van der Waals surface area contributed by atoms with Gasteiger partial charge in [-0.15, -0.1) is 0 Å². The molecule has 5 heteroatoms. The van der Waals surface area contributed by atoms with Crippen molar-refractivity contribution in [2.24, 2.45) is 17.3 Å². The Labute approximate surface area is 191 Å². The van der Waals surface area contributed by atoms with Crippen LogP contribution in [0, 0.1) is 17.3 Å². The van der Waals surface area contributed by atoms with E-state index in [9.17, 15) is 14.7 Å². The largest absolute Gasteiger partial charge is 0.465 e. The van der Waals surface area contributed by atoms with Crippen LogP contribution < -0.4 is 0 Å². The molecule has 0 saturated heterocycles. The standard InChI is InChI=1S/C26H50O5/c1-6-26(19-27,20-30-24(28)17-13-9-7-11-15-22(2)3)21-31-25(29)18-14-10-8-12-16-23(4)5/h22-23,27H,6-21H2,1-5H3. The summed E-state index contributed by atoms with van der Waals surface area (Å²) in [5.41, 5.74) is -0.708. The van der Waals surface area contributed by atoms with Gasteiger partial charge in [-0.1, -0.05) is 86.0 Å². The Balaban J connectivity index is 4.06. The normalized spacial score (nSPS) is 11.9. The fourth-order valence-corrected chi connectivity index (χ4v) is 3.41. The first-order valence-corrected chi connectivity index (χ1v) is 12.7. The van der Waals surface area contributed by atoms with Crippen molar-refractivity contribution in [3.05, 3.63) is 0 Å². The molecule has 1 N–H and O–H groups in total. The third kappa shape index (κ3) is 17.2. The highest BCUT2D eigenvalue weighted by Gasteiger charge is 2.31. The van der Waals surface area contributed by atoms with Crippen molar-refractivity contribution >= 4 is 11.9 Å². The zero-order valence-electron chi connectivity index (χ0n) is 21.0. The molecule has 0 rings (SSSR count). The molecule has 0 heterocycles. The van der Waals surface area contributed by atoms with Crippen molar-refractivity contribution in [1.29, 1.82) is 0 Å². The second kappa shape index (κ2) is 18.5. The highest BCUT2D eigenvalue weighted by molar-refractivity contribution is 5.69. The number of aliphatic hydroxyl groups is 1. The van der Waals surface area contributed by atoms with E-state index in [1.54, 1.807) is 0 Å². The lowest BCUT2D eigenvalue weighted by Crippen LogP contribution is -2.37. The molecule has 0 aliphatic rings. The fraction of sp³-hybridized carbons (Fsp3) is 0.923. The highest BCUT2D eigenvalue weighted by Crippen LogP contribution is 2.23. The molecule has 0 aromatic heterocycles. The number of rotatable bonds is 20. The summed E-state index contributed by atoms with van der Waals surface area (Å²) in [6, 6.07) is 0. The third-order valence-corrected chi connectivity index (χ3v) is 5.99. The number of unbranched alkanes of at least 4 members (excludes halogenated alkanes) is 6. The van der Waals surface area contributed by atoms with E-state index >= 15 is 0 Å². The number of carbonyl (C=O) groups excluding carboxylic acids is 2. The van der Waals surface area contributed by atoms with Crippen molar-refractivity contribution in [2.75, 3.05) is 19.8 Å². The van der Waals surface area contributed by atoms with Crippen molar-refractivity contribution in [1.82, 2.24) is 0 Å². The molecular formula is C26H50O5. The number of hydrogen-bond acceptors (Lipinski definition) is 5. The predicted octanol–water partition coefficient (Wildman–Crippen LogP) is 6.45. The van der Waals surface area contributed by atoms with Gasteiger partial charge in [0.25, 0.3) is 0 Å². The zero-order chi connectivity index (χ0) is 23.5. The zero-order valence-corrected chi connectivity index (χ0v) is 21.0. The van der Waals surface area contributed by atoms with E-state index in [0.29, 0.717) is 19.3 Å². The Kier molecular flexibility index (Phi) is 17.8. The summed E-state index contributed by atoms with van der Waals surface area (Å²) in [5.74, 6) is 0.995. The second-order valence-electron chi connectivity index (χ2n) is 10.0. The Morgan fingerprint density at radius 3 is 1.42 bits per heavy atom. The maximum absolute atomic E-state index is 12.1. The summed E-state index contributed by atoms with van der Waals surface area (Å²) in [7, 11) is 0. The molecule has 0 unspecified atom stereocenters. The SMILES string of the molecule is CCC(CO)(COC(=O)CCCCCCC(C)C)COC(=O)CCCCCCC(C)C.